The summed E-state index contributed by atoms with van der Waals surface area (Å²) in [6.07, 6.45) is 0.108. The average Bonchev–Trinajstić information content (AvgIpc) is 2.64. The number of nitrogens with zero attached hydrogens (tertiary/aromatic N) is 1. The van der Waals surface area contributed by atoms with Crippen molar-refractivity contribution in [2.45, 2.75) is 38.6 Å². The molecule has 0 bridgehead atoms. The summed E-state index contributed by atoms with van der Waals surface area (Å²) in [5.74, 6) is -3.15. The van der Waals surface area contributed by atoms with Crippen molar-refractivity contribution in [3.63, 3.8) is 0 Å². The number of halogens is 2. The van der Waals surface area contributed by atoms with Crippen molar-refractivity contribution in [3.8, 4) is 0 Å². The first-order chi connectivity index (χ1) is 12.8. The molecule has 0 N–H and O–H groups in total. The van der Waals surface area contributed by atoms with Crippen LogP contribution in [0.25, 0.3) is 0 Å². The minimum atomic E-state index is -0.970. The highest BCUT2D eigenvalue weighted by Crippen LogP contribution is 2.28. The molecule has 1 saturated heterocycles. The summed E-state index contributed by atoms with van der Waals surface area (Å²) in [5, 5.41) is 0. The zero-order valence-electron chi connectivity index (χ0n) is 15.4. The van der Waals surface area contributed by atoms with Crippen molar-refractivity contribution >= 4 is 17.8 Å². The number of rotatable bonds is 6. The molecule has 0 aliphatic carbocycles. The topological polar surface area (TPSA) is 72.9 Å². The SMILES string of the molecule is CCOC(=O)CC(=O)[C@@H]1CCN(C(=O)OC)[C@H](Cc2ccc(F)c(F)c2)C1. The van der Waals surface area contributed by atoms with Crippen LogP contribution in [0.5, 0.6) is 0 Å². The van der Waals surface area contributed by atoms with Crippen molar-refractivity contribution in [2.24, 2.45) is 5.92 Å². The largest absolute Gasteiger partial charge is 0.466 e. The predicted octanol–water partition coefficient (Wildman–Crippen LogP) is 2.88. The highest BCUT2D eigenvalue weighted by atomic mass is 19.2. The van der Waals surface area contributed by atoms with E-state index in [0.717, 1.165) is 12.1 Å². The molecule has 0 aromatic heterocycles. The van der Waals surface area contributed by atoms with Crippen molar-refractivity contribution in [3.05, 3.63) is 35.4 Å². The molecule has 6 nitrogen and oxygen atoms in total. The second-order valence-corrected chi connectivity index (χ2v) is 6.44. The van der Waals surface area contributed by atoms with E-state index in [9.17, 15) is 23.2 Å². The summed E-state index contributed by atoms with van der Waals surface area (Å²) in [6, 6.07) is 3.12. The van der Waals surface area contributed by atoms with Crippen LogP contribution >= 0.6 is 0 Å². The zero-order valence-corrected chi connectivity index (χ0v) is 15.4. The van der Waals surface area contributed by atoms with Gasteiger partial charge in [-0.05, 0) is 43.9 Å². The van der Waals surface area contributed by atoms with Gasteiger partial charge in [-0.1, -0.05) is 6.07 Å². The minimum absolute atomic E-state index is 0.200. The van der Waals surface area contributed by atoms with Gasteiger partial charge in [-0.3, -0.25) is 9.59 Å². The number of ether oxygens (including phenoxy) is 2. The van der Waals surface area contributed by atoms with Crippen LogP contribution in [0.1, 0.15) is 31.7 Å². The van der Waals surface area contributed by atoms with Gasteiger partial charge in [0.05, 0.1) is 13.7 Å². The number of hydrogen-bond acceptors (Lipinski definition) is 5. The molecule has 27 heavy (non-hydrogen) atoms. The van der Waals surface area contributed by atoms with Crippen LogP contribution in [0.2, 0.25) is 0 Å². The fourth-order valence-corrected chi connectivity index (χ4v) is 3.33. The Labute approximate surface area is 156 Å². The molecule has 1 fully saturated rings. The van der Waals surface area contributed by atoms with Gasteiger partial charge in [-0.2, -0.15) is 0 Å². The van der Waals surface area contributed by atoms with Crippen molar-refractivity contribution < 1.29 is 32.6 Å². The molecule has 0 unspecified atom stereocenters. The van der Waals surface area contributed by atoms with Crippen molar-refractivity contribution in [1.82, 2.24) is 4.90 Å². The normalized spacial score (nSPS) is 19.5. The van der Waals surface area contributed by atoms with E-state index in [4.69, 9.17) is 9.47 Å². The fourth-order valence-electron chi connectivity index (χ4n) is 3.33. The Bertz CT molecular complexity index is 709. The number of esters is 1. The third-order valence-corrected chi connectivity index (χ3v) is 4.66. The van der Waals surface area contributed by atoms with E-state index < -0.39 is 35.7 Å². The number of likely N-dealkylation sites (tertiary alicyclic amines) is 1. The molecular weight excluding hydrogens is 360 g/mol. The number of piperidine rings is 1. The molecule has 2 rings (SSSR count). The standard InChI is InChI=1S/C19H23F2NO5/c1-3-27-18(24)11-17(23)13-6-7-22(19(25)26-2)14(10-13)8-12-4-5-15(20)16(21)9-12/h4-5,9,13-14H,3,6-8,10-11H2,1-2H3/t13-,14-/m1/s1. The first kappa shape index (κ1) is 20.8. The molecule has 1 amide bonds. The van der Waals surface area contributed by atoms with Gasteiger partial charge in [-0.25, -0.2) is 13.6 Å². The first-order valence-corrected chi connectivity index (χ1v) is 8.82. The summed E-state index contributed by atoms with van der Waals surface area (Å²) < 4.78 is 36.2. The van der Waals surface area contributed by atoms with E-state index >= 15 is 0 Å². The van der Waals surface area contributed by atoms with E-state index in [0.29, 0.717) is 18.4 Å². The molecular formula is C19H23F2NO5. The summed E-state index contributed by atoms with van der Waals surface area (Å²) in [7, 11) is 1.26. The first-order valence-electron chi connectivity index (χ1n) is 8.82. The summed E-state index contributed by atoms with van der Waals surface area (Å²) in [5.41, 5.74) is 0.506. The van der Waals surface area contributed by atoms with Gasteiger partial charge in [0.1, 0.15) is 12.2 Å². The Balaban J connectivity index is 2.12. The summed E-state index contributed by atoms with van der Waals surface area (Å²) in [4.78, 5) is 37.5. The number of hydrogen-bond donors (Lipinski definition) is 0. The Kier molecular flexibility index (Phi) is 7.27. The minimum Gasteiger partial charge on any atom is -0.466 e. The maximum Gasteiger partial charge on any atom is 0.409 e. The van der Waals surface area contributed by atoms with Crippen LogP contribution in [0.4, 0.5) is 13.6 Å². The van der Waals surface area contributed by atoms with Gasteiger partial charge in [-0.15, -0.1) is 0 Å². The Morgan fingerprint density at radius 3 is 2.59 bits per heavy atom. The van der Waals surface area contributed by atoms with Crippen LogP contribution in [-0.4, -0.2) is 49.0 Å². The van der Waals surface area contributed by atoms with E-state index in [1.807, 2.05) is 0 Å². The third-order valence-electron chi connectivity index (χ3n) is 4.66. The third kappa shape index (κ3) is 5.48. The predicted molar refractivity (Wildman–Crippen MR) is 91.9 cm³/mol. The van der Waals surface area contributed by atoms with Crippen LogP contribution in [-0.2, 0) is 25.5 Å². The number of ketones is 1. The average molecular weight is 383 g/mol. The number of Topliss-reactive ketones (excluding diaryl/α,β-unsaturated/α-hetero) is 1. The van der Waals surface area contributed by atoms with E-state index in [1.54, 1.807) is 6.92 Å². The molecule has 1 aromatic carbocycles. The number of methoxy groups -OCH3 is 1. The smallest absolute Gasteiger partial charge is 0.409 e. The van der Waals surface area contributed by atoms with E-state index in [2.05, 4.69) is 0 Å². The van der Waals surface area contributed by atoms with Crippen LogP contribution in [0.15, 0.2) is 18.2 Å². The van der Waals surface area contributed by atoms with Crippen LogP contribution in [0, 0.1) is 17.6 Å². The van der Waals surface area contributed by atoms with Gasteiger partial charge >= 0.3 is 12.1 Å². The molecule has 0 radical (unpaired) electrons. The maximum atomic E-state index is 13.5. The maximum absolute atomic E-state index is 13.5. The summed E-state index contributed by atoms with van der Waals surface area (Å²) >= 11 is 0. The van der Waals surface area contributed by atoms with Gasteiger partial charge in [0, 0.05) is 18.5 Å². The van der Waals surface area contributed by atoms with E-state index in [-0.39, 0.29) is 31.8 Å². The molecule has 1 heterocycles. The lowest BCUT2D eigenvalue weighted by Crippen LogP contribution is -2.48. The van der Waals surface area contributed by atoms with Gasteiger partial charge in [0.2, 0.25) is 0 Å². The van der Waals surface area contributed by atoms with Gasteiger partial charge < -0.3 is 14.4 Å². The lowest BCUT2D eigenvalue weighted by Gasteiger charge is -2.38. The molecule has 8 heteroatoms. The lowest BCUT2D eigenvalue weighted by molar-refractivity contribution is -0.146. The zero-order chi connectivity index (χ0) is 20.0. The summed E-state index contributed by atoms with van der Waals surface area (Å²) in [6.45, 7) is 2.14. The molecule has 1 aliphatic heterocycles. The lowest BCUT2D eigenvalue weighted by atomic mass is 9.84. The Morgan fingerprint density at radius 1 is 1.22 bits per heavy atom. The number of carbonyl (C=O) groups excluding carboxylic acids is 3. The molecule has 0 saturated carbocycles. The second kappa shape index (κ2) is 9.43. The molecule has 148 valence electrons. The Morgan fingerprint density at radius 2 is 1.96 bits per heavy atom. The van der Waals surface area contributed by atoms with Crippen LogP contribution in [0.3, 0.4) is 0 Å². The highest BCUT2D eigenvalue weighted by Gasteiger charge is 2.35. The monoisotopic (exact) mass is 383 g/mol. The number of benzene rings is 1. The van der Waals surface area contributed by atoms with Gasteiger partial charge in [0.15, 0.2) is 11.6 Å². The van der Waals surface area contributed by atoms with Gasteiger partial charge in [0.25, 0.3) is 0 Å². The number of carbonyl (C=O) groups is 3. The number of amides is 1. The highest BCUT2D eigenvalue weighted by molar-refractivity contribution is 5.96. The fraction of sp³-hybridized carbons (Fsp3) is 0.526. The second-order valence-electron chi connectivity index (χ2n) is 6.44. The molecule has 1 aromatic rings. The Hall–Kier alpha value is -2.51. The van der Waals surface area contributed by atoms with Crippen LogP contribution < -0.4 is 0 Å². The molecule has 2 atom stereocenters. The van der Waals surface area contributed by atoms with Crippen molar-refractivity contribution in [2.75, 3.05) is 20.3 Å². The molecule has 1 aliphatic rings. The molecule has 0 spiro atoms. The van der Waals surface area contributed by atoms with Crippen molar-refractivity contribution in [1.29, 1.82) is 0 Å². The quantitative estimate of drug-likeness (QED) is 0.558. The van der Waals surface area contributed by atoms with E-state index in [1.165, 1.54) is 18.1 Å².